The van der Waals surface area contributed by atoms with Gasteiger partial charge in [-0.2, -0.15) is 0 Å². The van der Waals surface area contributed by atoms with Crippen molar-refractivity contribution in [1.82, 2.24) is 9.80 Å². The molecule has 0 aromatic heterocycles. The van der Waals surface area contributed by atoms with Gasteiger partial charge in [-0.15, -0.1) is 0 Å². The van der Waals surface area contributed by atoms with Gasteiger partial charge in [0, 0.05) is 24.2 Å². The van der Waals surface area contributed by atoms with E-state index in [0.29, 0.717) is 30.4 Å². The minimum absolute atomic E-state index is 0.102. The van der Waals surface area contributed by atoms with Gasteiger partial charge in [-0.3, -0.25) is 9.59 Å². The van der Waals surface area contributed by atoms with Crippen LogP contribution in [-0.4, -0.2) is 59.4 Å². The molecule has 188 valence electrons. The zero-order valence-corrected chi connectivity index (χ0v) is 21.2. The van der Waals surface area contributed by atoms with E-state index >= 15 is 0 Å². The van der Waals surface area contributed by atoms with Crippen molar-refractivity contribution in [2.24, 2.45) is 5.92 Å². The second-order valence-corrected chi connectivity index (χ2v) is 9.23. The molecule has 7 heteroatoms. The Hall–Kier alpha value is -3.19. The van der Waals surface area contributed by atoms with Gasteiger partial charge in [-0.25, -0.2) is 4.39 Å². The summed E-state index contributed by atoms with van der Waals surface area (Å²) in [7, 11) is 0. The zero-order valence-electron chi connectivity index (χ0n) is 21.2. The highest BCUT2D eigenvalue weighted by Gasteiger charge is 2.46. The van der Waals surface area contributed by atoms with Crippen LogP contribution in [0.25, 0.3) is 5.76 Å². The number of rotatable bonds is 10. The fourth-order valence-corrected chi connectivity index (χ4v) is 4.29. The van der Waals surface area contributed by atoms with Crippen LogP contribution in [-0.2, 0) is 9.59 Å². The first kappa shape index (κ1) is 26.4. The molecule has 1 atom stereocenters. The summed E-state index contributed by atoms with van der Waals surface area (Å²) in [5, 5.41) is 11.3. The molecule has 2 aromatic carbocycles. The smallest absolute Gasteiger partial charge is 0.295 e. The van der Waals surface area contributed by atoms with Crippen molar-refractivity contribution in [3.05, 3.63) is 70.5 Å². The minimum Gasteiger partial charge on any atom is -0.507 e. The van der Waals surface area contributed by atoms with Crippen molar-refractivity contribution in [3.63, 3.8) is 0 Å². The van der Waals surface area contributed by atoms with Gasteiger partial charge in [0.1, 0.15) is 17.3 Å². The Morgan fingerprint density at radius 2 is 1.83 bits per heavy atom. The number of hydrogen-bond acceptors (Lipinski definition) is 5. The Kier molecular flexibility index (Phi) is 8.67. The fraction of sp³-hybridized carbons (Fsp3) is 0.429. The van der Waals surface area contributed by atoms with Gasteiger partial charge in [0.05, 0.1) is 18.2 Å². The summed E-state index contributed by atoms with van der Waals surface area (Å²) in [6, 6.07) is 10.2. The first-order valence-electron chi connectivity index (χ1n) is 12.2. The van der Waals surface area contributed by atoms with Crippen LogP contribution < -0.4 is 4.74 Å². The Morgan fingerprint density at radius 3 is 2.43 bits per heavy atom. The summed E-state index contributed by atoms with van der Waals surface area (Å²) < 4.78 is 20.7. The highest BCUT2D eigenvalue weighted by Crippen LogP contribution is 2.40. The summed E-state index contributed by atoms with van der Waals surface area (Å²) >= 11 is 0. The van der Waals surface area contributed by atoms with Crippen molar-refractivity contribution >= 4 is 17.4 Å². The fourth-order valence-electron chi connectivity index (χ4n) is 4.29. The monoisotopic (exact) mass is 482 g/mol. The molecule has 1 amide bonds. The lowest BCUT2D eigenvalue weighted by molar-refractivity contribution is -0.140. The van der Waals surface area contributed by atoms with Gasteiger partial charge in [0.2, 0.25) is 0 Å². The predicted octanol–water partition coefficient (Wildman–Crippen LogP) is 4.93. The van der Waals surface area contributed by atoms with Gasteiger partial charge in [-0.05, 0) is 55.8 Å². The van der Waals surface area contributed by atoms with E-state index in [1.165, 1.54) is 11.0 Å². The number of likely N-dealkylation sites (N-methyl/N-ethyl adjacent to an activating group) is 1. The van der Waals surface area contributed by atoms with E-state index in [4.69, 9.17) is 4.74 Å². The summed E-state index contributed by atoms with van der Waals surface area (Å²) in [5.74, 6) is -1.36. The van der Waals surface area contributed by atoms with Crippen LogP contribution in [0.3, 0.4) is 0 Å². The number of likely N-dealkylation sites (tertiary alicyclic amines) is 1. The number of ether oxygens (including phenoxy) is 1. The SMILES string of the molecule is CCN(CC)CCN1C(=O)C(=O)/C(=C(/O)c2ccc(OCC(C)C)c(C)c2)C1c1ccccc1F. The molecule has 35 heavy (non-hydrogen) atoms. The van der Waals surface area contributed by atoms with Crippen LogP contribution in [0.2, 0.25) is 0 Å². The quantitative estimate of drug-likeness (QED) is 0.295. The molecule has 1 fully saturated rings. The third-order valence-corrected chi connectivity index (χ3v) is 6.31. The van der Waals surface area contributed by atoms with Crippen LogP contribution in [0.5, 0.6) is 5.75 Å². The highest BCUT2D eigenvalue weighted by molar-refractivity contribution is 6.46. The van der Waals surface area contributed by atoms with Crippen LogP contribution in [0.1, 0.15) is 50.4 Å². The third kappa shape index (κ3) is 5.73. The molecule has 1 aliphatic heterocycles. The molecule has 1 aliphatic rings. The Bertz CT molecular complexity index is 1110. The molecular formula is C28H35FN2O4. The Morgan fingerprint density at radius 1 is 1.14 bits per heavy atom. The molecule has 0 radical (unpaired) electrons. The van der Waals surface area contributed by atoms with Gasteiger partial charge >= 0.3 is 0 Å². The summed E-state index contributed by atoms with van der Waals surface area (Å²) in [4.78, 5) is 29.7. The first-order valence-corrected chi connectivity index (χ1v) is 12.2. The van der Waals surface area contributed by atoms with Gasteiger partial charge in [-0.1, -0.05) is 45.9 Å². The lowest BCUT2D eigenvalue weighted by Crippen LogP contribution is -2.38. The molecule has 1 unspecified atom stereocenters. The average molecular weight is 483 g/mol. The summed E-state index contributed by atoms with van der Waals surface area (Å²) in [6.07, 6.45) is 0. The number of aliphatic hydroxyl groups is 1. The summed E-state index contributed by atoms with van der Waals surface area (Å²) in [5.41, 5.74) is 1.24. The van der Waals surface area contributed by atoms with E-state index in [-0.39, 0.29) is 23.4 Å². The molecule has 0 saturated carbocycles. The van der Waals surface area contributed by atoms with Gasteiger partial charge < -0.3 is 19.6 Å². The molecule has 1 saturated heterocycles. The second kappa shape index (κ2) is 11.5. The zero-order chi connectivity index (χ0) is 25.7. The van der Waals surface area contributed by atoms with Gasteiger partial charge in [0.25, 0.3) is 11.7 Å². The number of carbonyl (C=O) groups excluding carboxylic acids is 2. The van der Waals surface area contributed by atoms with Crippen LogP contribution in [0.4, 0.5) is 4.39 Å². The number of carbonyl (C=O) groups is 2. The van der Waals surface area contributed by atoms with Crippen molar-refractivity contribution in [1.29, 1.82) is 0 Å². The van der Waals surface area contributed by atoms with E-state index in [0.717, 1.165) is 18.7 Å². The number of nitrogens with zero attached hydrogens (tertiary/aromatic N) is 2. The molecule has 1 N–H and O–H groups in total. The third-order valence-electron chi connectivity index (χ3n) is 6.31. The van der Waals surface area contributed by atoms with Crippen LogP contribution >= 0.6 is 0 Å². The standard InChI is InChI=1S/C28H35FN2O4/c1-6-30(7-2)14-15-31-25(21-10-8-9-11-22(21)29)24(27(33)28(31)34)26(32)20-12-13-23(19(5)16-20)35-17-18(3)4/h8-13,16,18,25,32H,6-7,14-15,17H2,1-5H3/b26-24+. The number of aryl methyl sites for hydroxylation is 1. The van der Waals surface area contributed by atoms with E-state index in [2.05, 4.69) is 18.7 Å². The van der Waals surface area contributed by atoms with Crippen molar-refractivity contribution in [2.75, 3.05) is 32.8 Å². The minimum atomic E-state index is -1.01. The molecule has 0 spiro atoms. The van der Waals surface area contributed by atoms with E-state index < -0.39 is 23.5 Å². The van der Waals surface area contributed by atoms with Crippen LogP contribution in [0.15, 0.2) is 48.0 Å². The summed E-state index contributed by atoms with van der Waals surface area (Å²) in [6.45, 7) is 12.9. The topological polar surface area (TPSA) is 70.1 Å². The molecule has 6 nitrogen and oxygen atoms in total. The largest absolute Gasteiger partial charge is 0.507 e. The van der Waals surface area contributed by atoms with E-state index in [1.54, 1.807) is 36.4 Å². The normalized spacial score (nSPS) is 17.6. The molecular weight excluding hydrogens is 447 g/mol. The molecule has 1 heterocycles. The molecule has 0 bridgehead atoms. The number of Topliss-reactive ketones (excluding diaryl/α,β-unsaturated/α-hetero) is 1. The second-order valence-electron chi connectivity index (χ2n) is 9.23. The van der Waals surface area contributed by atoms with Crippen molar-refractivity contribution in [2.45, 2.75) is 40.7 Å². The molecule has 3 rings (SSSR count). The number of amides is 1. The molecule has 0 aliphatic carbocycles. The number of ketones is 1. The lowest BCUT2D eigenvalue weighted by Gasteiger charge is -2.28. The maximum Gasteiger partial charge on any atom is 0.295 e. The van der Waals surface area contributed by atoms with Crippen molar-refractivity contribution in [3.8, 4) is 5.75 Å². The van der Waals surface area contributed by atoms with Gasteiger partial charge in [0.15, 0.2) is 0 Å². The predicted molar refractivity (Wildman–Crippen MR) is 135 cm³/mol. The van der Waals surface area contributed by atoms with Crippen molar-refractivity contribution < 1.29 is 23.8 Å². The van der Waals surface area contributed by atoms with E-state index in [9.17, 15) is 19.1 Å². The Balaban J connectivity index is 2.07. The lowest BCUT2D eigenvalue weighted by atomic mass is 9.94. The average Bonchev–Trinajstić information content (AvgIpc) is 3.08. The van der Waals surface area contributed by atoms with E-state index in [1.807, 2.05) is 20.8 Å². The number of aliphatic hydroxyl groups excluding tert-OH is 1. The number of hydrogen-bond donors (Lipinski definition) is 1. The first-order chi connectivity index (χ1) is 16.7. The molecule has 2 aromatic rings. The number of halogens is 1. The maximum absolute atomic E-state index is 14.9. The Labute approximate surface area is 207 Å². The van der Waals surface area contributed by atoms with Crippen LogP contribution in [0, 0.1) is 18.7 Å². The maximum atomic E-state index is 14.9. The number of benzene rings is 2. The highest BCUT2D eigenvalue weighted by atomic mass is 19.1.